The topological polar surface area (TPSA) is 90.5 Å². The Bertz CT molecular complexity index is 1460. The van der Waals surface area contributed by atoms with Crippen molar-refractivity contribution in [3.05, 3.63) is 51.8 Å². The third kappa shape index (κ3) is 3.99. The van der Waals surface area contributed by atoms with Gasteiger partial charge < -0.3 is 10.5 Å². The van der Waals surface area contributed by atoms with Gasteiger partial charge in [-0.25, -0.2) is 17.2 Å². The van der Waals surface area contributed by atoms with Crippen LogP contribution in [0, 0.1) is 25.5 Å². The first-order chi connectivity index (χ1) is 17.2. The maximum absolute atomic E-state index is 15.5. The van der Waals surface area contributed by atoms with Gasteiger partial charge in [0, 0.05) is 78.2 Å². The van der Waals surface area contributed by atoms with Crippen molar-refractivity contribution in [3.8, 4) is 0 Å². The van der Waals surface area contributed by atoms with E-state index < -0.39 is 56.7 Å². The molecular formula is C25H93F5N4O3S. The summed E-state index contributed by atoms with van der Waals surface area (Å²) in [6, 6.07) is -1.12. The van der Waals surface area contributed by atoms with E-state index in [4.69, 9.17) is 10.5 Å². The van der Waals surface area contributed by atoms with E-state index in [2.05, 4.69) is 5.10 Å². The van der Waals surface area contributed by atoms with E-state index in [-0.39, 0.29) is 78.2 Å². The van der Waals surface area contributed by atoms with Crippen molar-refractivity contribution < 1.29 is 77.9 Å². The van der Waals surface area contributed by atoms with Gasteiger partial charge in [0.2, 0.25) is 0 Å². The molecule has 3 heterocycles. The number of hydrogen-bond donors (Lipinski definition) is 1. The van der Waals surface area contributed by atoms with Gasteiger partial charge in [-0.15, -0.1) is 0 Å². The standard InChI is InChI=1S/C25H33F5N4O3S.30H2/c1-8-38(35,36)34-11-16-15(4)33(12-19(16)32-34)20-10-22(5,31)23(6,37-24(20,7)25(28,29)30)17-9-18(26)13(2)14(3)21(17)27;;;;;;;;;;;;;;;;;;;;;;;;;;;;;;/h9,11,15,20H,8,10,12,31H2,1-7H3;30*1H/t15?,20-,22+,23-,24+;;;;;;;;;;;;;;;;;;;;;;;;;;;;;;/m1............................../s1. The lowest BCUT2D eigenvalue weighted by molar-refractivity contribution is -0.354. The largest absolute Gasteiger partial charge is 0.418 e. The molecule has 0 aliphatic carbocycles. The number of nitrogens with two attached hydrogens (primary N) is 1. The second kappa shape index (κ2) is 8.70. The molecule has 0 bridgehead atoms. The van der Waals surface area contributed by atoms with Gasteiger partial charge in [-0.2, -0.15) is 22.4 Å². The minimum Gasteiger partial charge on any atom is -0.351 e. The van der Waals surface area contributed by atoms with Gasteiger partial charge in [-0.3, -0.25) is 4.90 Å². The Hall–Kier alpha value is -2.09. The zero-order valence-corrected chi connectivity index (χ0v) is 23.2. The monoisotopic (exact) mass is 625 g/mol. The van der Waals surface area contributed by atoms with Crippen molar-refractivity contribution >= 4 is 10.0 Å². The van der Waals surface area contributed by atoms with Crippen LogP contribution in [0.3, 0.4) is 0 Å². The van der Waals surface area contributed by atoms with Crippen LogP contribution in [0.15, 0.2) is 12.3 Å². The highest BCUT2D eigenvalue weighted by molar-refractivity contribution is 7.89. The second-order valence-electron chi connectivity index (χ2n) is 11.0. The Morgan fingerprint density at radius 1 is 1.21 bits per heavy atom. The summed E-state index contributed by atoms with van der Waals surface area (Å²) < 4.78 is 106. The summed E-state index contributed by atoms with van der Waals surface area (Å²) in [5.74, 6) is -1.83. The van der Waals surface area contributed by atoms with Crippen LogP contribution in [0.1, 0.15) is 118 Å². The maximum Gasteiger partial charge on any atom is 0.418 e. The summed E-state index contributed by atoms with van der Waals surface area (Å²) in [4.78, 5) is 1.54. The van der Waals surface area contributed by atoms with E-state index in [1.165, 1.54) is 45.7 Å². The third-order valence-corrected chi connectivity index (χ3v) is 10.2. The van der Waals surface area contributed by atoms with E-state index >= 15 is 4.39 Å². The molecule has 1 aromatic heterocycles. The predicted octanol–water partition coefficient (Wildman–Crippen LogP) is 12.0. The molecule has 1 aromatic carbocycles. The van der Waals surface area contributed by atoms with Gasteiger partial charge in [-0.05, 0) is 72.1 Å². The quantitative estimate of drug-likeness (QED) is 0.340. The summed E-state index contributed by atoms with van der Waals surface area (Å²) >= 11 is 0. The van der Waals surface area contributed by atoms with E-state index in [9.17, 15) is 26.0 Å². The van der Waals surface area contributed by atoms with Crippen molar-refractivity contribution in [2.75, 3.05) is 5.75 Å². The number of hydrogen-bond acceptors (Lipinski definition) is 6. The molecule has 7 nitrogen and oxygen atoms in total. The minimum atomic E-state index is -4.92. The zero-order chi connectivity index (χ0) is 28.8. The normalized spacial score (nSPS) is 32.6. The molecule has 2 aliphatic heterocycles. The molecule has 0 saturated carbocycles. The highest BCUT2D eigenvalue weighted by Crippen LogP contribution is 2.56. The average Bonchev–Trinajstić information content (AvgIpc) is 3.36. The molecule has 0 radical (unpaired) electrons. The molecule has 5 atom stereocenters. The number of aromatic nitrogens is 2. The first kappa shape index (κ1) is 28.9. The first-order valence-electron chi connectivity index (χ1n) is 12.3. The van der Waals surface area contributed by atoms with Gasteiger partial charge in [0.15, 0.2) is 5.60 Å². The lowest BCUT2D eigenvalue weighted by Gasteiger charge is -2.59. The van der Waals surface area contributed by atoms with Crippen molar-refractivity contribution in [1.82, 2.24) is 14.1 Å². The summed E-state index contributed by atoms with van der Waals surface area (Å²) in [5.41, 5.74) is 0.648. The van der Waals surface area contributed by atoms with Crippen molar-refractivity contribution in [2.45, 2.75) is 96.4 Å². The van der Waals surface area contributed by atoms with Gasteiger partial charge in [0.25, 0.3) is 10.0 Å². The van der Waals surface area contributed by atoms with Crippen LogP contribution >= 0.6 is 0 Å². The molecule has 0 amide bonds. The van der Waals surface area contributed by atoms with E-state index in [1.54, 1.807) is 6.92 Å². The van der Waals surface area contributed by atoms with Gasteiger partial charge >= 0.3 is 6.18 Å². The molecular weight excluding hydrogens is 531 g/mol. The lowest BCUT2D eigenvalue weighted by Crippen LogP contribution is -2.74. The Kier molecular flexibility index (Phi) is 6.62. The molecule has 1 saturated heterocycles. The van der Waals surface area contributed by atoms with Crippen LogP contribution in [-0.4, -0.2) is 51.6 Å². The predicted molar refractivity (Wildman–Crippen MR) is 194 cm³/mol. The first-order valence-corrected chi connectivity index (χ1v) is 13.9. The van der Waals surface area contributed by atoms with Gasteiger partial charge in [0.1, 0.15) is 17.2 Å². The smallest absolute Gasteiger partial charge is 0.351 e. The number of fused-ring (bicyclic) bond motifs is 1. The van der Waals surface area contributed by atoms with Crippen LogP contribution < -0.4 is 5.73 Å². The van der Waals surface area contributed by atoms with E-state index in [1.807, 2.05) is 0 Å². The lowest BCUT2D eigenvalue weighted by atomic mass is 9.67. The molecule has 13 heteroatoms. The van der Waals surface area contributed by atoms with Crippen LogP contribution in [0.25, 0.3) is 0 Å². The molecule has 272 valence electrons. The molecule has 38 heavy (non-hydrogen) atoms. The number of ether oxygens (including phenoxy) is 1. The van der Waals surface area contributed by atoms with Crippen LogP contribution in [-0.2, 0) is 26.9 Å². The second-order valence-corrected chi connectivity index (χ2v) is 13.1. The molecule has 0 spiro atoms. The number of benzene rings is 1. The summed E-state index contributed by atoms with van der Waals surface area (Å²) in [6.45, 7) is 9.42. The fourth-order valence-electron chi connectivity index (χ4n) is 5.65. The number of halogens is 5. The third-order valence-electron chi connectivity index (χ3n) is 8.73. The summed E-state index contributed by atoms with van der Waals surface area (Å²) in [5, 5.41) is 4.13. The van der Waals surface area contributed by atoms with Gasteiger partial charge in [0.05, 0.1) is 17.5 Å². The van der Waals surface area contributed by atoms with Crippen molar-refractivity contribution in [1.29, 1.82) is 0 Å². The van der Waals surface area contributed by atoms with Gasteiger partial charge in [-0.1, -0.05) is 0 Å². The van der Waals surface area contributed by atoms with Crippen molar-refractivity contribution in [2.24, 2.45) is 5.73 Å². The molecule has 1 fully saturated rings. The van der Waals surface area contributed by atoms with Crippen LogP contribution in [0.2, 0.25) is 0 Å². The molecule has 4 rings (SSSR count). The number of nitrogens with zero attached hydrogens (tertiary/aromatic N) is 3. The molecule has 2 N–H and O–H groups in total. The van der Waals surface area contributed by atoms with Crippen molar-refractivity contribution in [3.63, 3.8) is 0 Å². The number of rotatable bonds is 4. The molecule has 1 unspecified atom stereocenters. The van der Waals surface area contributed by atoms with E-state index in [0.29, 0.717) is 11.3 Å². The fourth-order valence-corrected chi connectivity index (χ4v) is 6.41. The number of alkyl halides is 3. The van der Waals surface area contributed by atoms with Crippen LogP contribution in [0.5, 0.6) is 0 Å². The Morgan fingerprint density at radius 2 is 1.82 bits per heavy atom. The Morgan fingerprint density at radius 3 is 2.34 bits per heavy atom. The van der Waals surface area contributed by atoms with Crippen LogP contribution in [0.4, 0.5) is 22.0 Å². The fraction of sp³-hybridized carbons (Fsp3) is 0.640. The average molecular weight is 625 g/mol. The minimum absolute atomic E-state index is 0. The highest BCUT2D eigenvalue weighted by Gasteiger charge is 2.69. The molecule has 2 aromatic rings. The summed E-state index contributed by atoms with van der Waals surface area (Å²) in [6.07, 6.45) is -3.88. The molecule has 2 aliphatic rings. The Balaban J connectivity index is -0.0000000224. The SMILES string of the molecule is CCS(=O)(=O)n1cc2c(n1)CN([C@@H]1C[C@](C)(N)[C@@](C)(c3cc(F)c(C)c(C)c3F)O[C@]1(C)C(F)(F)F)C2C.[HH].[HH].[HH].[HH].[HH].[HH].[HH].[HH].[HH].[HH].[HH].[HH].[HH].[HH].[HH].[HH].[HH].[HH].[HH].[HH].[HH].[HH].[HH].[HH].[HH].[HH].[HH].[HH].[HH].[HH]. The maximum atomic E-state index is 15.5. The zero-order valence-electron chi connectivity index (χ0n) is 22.4. The van der Waals surface area contributed by atoms with E-state index in [0.717, 1.165) is 17.1 Å². The Labute approximate surface area is 263 Å². The summed E-state index contributed by atoms with van der Waals surface area (Å²) in [7, 11) is -3.67. The highest BCUT2D eigenvalue weighted by atomic mass is 32.2.